The molecule has 0 aliphatic carbocycles. The maximum absolute atomic E-state index is 11.9. The molecule has 0 bridgehead atoms. The van der Waals surface area contributed by atoms with Gasteiger partial charge in [-0.3, -0.25) is 9.87 Å². The van der Waals surface area contributed by atoms with E-state index in [0.29, 0.717) is 35.9 Å². The number of hydrogen-bond donors (Lipinski definition) is 2. The van der Waals surface area contributed by atoms with E-state index >= 15 is 0 Å². The van der Waals surface area contributed by atoms with Gasteiger partial charge in [0.2, 0.25) is 0 Å². The first-order valence-electron chi connectivity index (χ1n) is 8.92. The minimum Gasteiger partial charge on any atom is -0.493 e. The predicted octanol–water partition coefficient (Wildman–Crippen LogP) is 2.84. The largest absolute Gasteiger partial charge is 0.493 e. The second kappa shape index (κ2) is 12.4. The number of nitrogens with one attached hydrogen (secondary N) is 1. The molecule has 0 atom stereocenters. The molecule has 31 heavy (non-hydrogen) atoms. The predicted molar refractivity (Wildman–Crippen MR) is 117 cm³/mol. The zero-order chi connectivity index (χ0) is 23.4. The van der Waals surface area contributed by atoms with Gasteiger partial charge in [-0.2, -0.15) is 8.42 Å². The minimum atomic E-state index is -4.02. The van der Waals surface area contributed by atoms with Gasteiger partial charge in [-0.1, -0.05) is 30.2 Å². The third-order valence-corrected chi connectivity index (χ3v) is 4.59. The molecule has 0 aliphatic heterocycles. The van der Waals surface area contributed by atoms with E-state index in [1.165, 1.54) is 26.4 Å². The Hall–Kier alpha value is -3.32. The molecule has 2 rings (SSSR count). The topological polar surface area (TPSA) is 111 Å². The van der Waals surface area contributed by atoms with E-state index in [1.807, 2.05) is 6.92 Å². The molecule has 0 fully saturated rings. The van der Waals surface area contributed by atoms with E-state index in [1.54, 1.807) is 30.3 Å². The molecule has 0 amide bonds. The summed E-state index contributed by atoms with van der Waals surface area (Å²) < 4.78 is 44.9. The van der Waals surface area contributed by atoms with Crippen LogP contribution in [0.5, 0.6) is 11.5 Å². The Bertz CT molecular complexity index is 1040. The van der Waals surface area contributed by atoms with Crippen molar-refractivity contribution in [3.05, 3.63) is 65.9 Å². The molecular weight excluding hydrogens is 422 g/mol. The SMILES string of the molecule is C#CCNCC(=C)OC(=O)c1ccc(OC)c(OC)c1.Cc1ccc(S(=O)(=O)O)cc1. The number of rotatable bonds is 8. The summed E-state index contributed by atoms with van der Waals surface area (Å²) in [6.07, 6.45) is 5.09. The van der Waals surface area contributed by atoms with Gasteiger partial charge in [0.1, 0.15) is 5.76 Å². The zero-order valence-electron chi connectivity index (χ0n) is 17.5. The summed E-state index contributed by atoms with van der Waals surface area (Å²) in [4.78, 5) is 11.8. The molecule has 166 valence electrons. The fraction of sp³-hybridized carbons (Fsp3) is 0.227. The molecule has 0 aliphatic rings. The molecule has 0 unspecified atom stereocenters. The number of ether oxygens (including phenoxy) is 3. The van der Waals surface area contributed by atoms with Crippen LogP contribution in [0.4, 0.5) is 0 Å². The lowest BCUT2D eigenvalue weighted by atomic mass is 10.2. The summed E-state index contributed by atoms with van der Waals surface area (Å²) >= 11 is 0. The quantitative estimate of drug-likeness (QED) is 0.209. The summed E-state index contributed by atoms with van der Waals surface area (Å²) in [6, 6.07) is 10.8. The minimum absolute atomic E-state index is 0.0666. The van der Waals surface area contributed by atoms with Gasteiger partial charge in [-0.15, -0.1) is 6.42 Å². The van der Waals surface area contributed by atoms with Crippen molar-refractivity contribution in [2.75, 3.05) is 27.3 Å². The number of terminal acetylenes is 1. The molecular formula is C22H25NO7S. The van der Waals surface area contributed by atoms with Gasteiger partial charge in [0.25, 0.3) is 10.1 Å². The number of esters is 1. The molecule has 0 spiro atoms. The first kappa shape index (κ1) is 25.7. The number of methoxy groups -OCH3 is 2. The fourth-order valence-corrected chi connectivity index (χ4v) is 2.65. The maximum atomic E-state index is 11.9. The molecule has 0 heterocycles. The van der Waals surface area contributed by atoms with Crippen molar-refractivity contribution >= 4 is 16.1 Å². The third kappa shape index (κ3) is 8.92. The summed E-state index contributed by atoms with van der Waals surface area (Å²) in [7, 11) is -1.00. The normalized spacial score (nSPS) is 10.2. The van der Waals surface area contributed by atoms with Crippen molar-refractivity contribution in [2.45, 2.75) is 11.8 Å². The molecule has 8 nitrogen and oxygen atoms in total. The van der Waals surface area contributed by atoms with E-state index in [-0.39, 0.29) is 4.90 Å². The molecule has 2 N–H and O–H groups in total. The lowest BCUT2D eigenvalue weighted by molar-refractivity contribution is 0.0619. The van der Waals surface area contributed by atoms with Crippen molar-refractivity contribution in [3.63, 3.8) is 0 Å². The van der Waals surface area contributed by atoms with Crippen LogP contribution in [-0.2, 0) is 14.9 Å². The second-order valence-corrected chi connectivity index (χ2v) is 7.52. The van der Waals surface area contributed by atoms with Gasteiger partial charge in [0.05, 0.1) is 37.8 Å². The third-order valence-electron chi connectivity index (χ3n) is 3.72. The monoisotopic (exact) mass is 447 g/mol. The van der Waals surface area contributed by atoms with Crippen molar-refractivity contribution in [1.29, 1.82) is 0 Å². The standard InChI is InChI=1S/C15H17NO4.C7H8O3S/c1-5-8-16-10-11(2)20-15(17)12-6-7-13(18-3)14(9-12)19-4;1-6-2-4-7(5-3-6)11(8,9)10/h1,6-7,9,16H,2,8,10H2,3-4H3;2-5H,1H3,(H,8,9,10). The maximum Gasteiger partial charge on any atom is 0.343 e. The highest BCUT2D eigenvalue weighted by atomic mass is 32.2. The van der Waals surface area contributed by atoms with Crippen LogP contribution in [0.25, 0.3) is 0 Å². The smallest absolute Gasteiger partial charge is 0.343 e. The summed E-state index contributed by atoms with van der Waals surface area (Å²) in [5.41, 5.74) is 1.30. The Morgan fingerprint density at radius 3 is 2.26 bits per heavy atom. The number of aryl methyl sites for hydroxylation is 1. The van der Waals surface area contributed by atoms with Gasteiger partial charge in [-0.05, 0) is 37.3 Å². The molecule has 0 aromatic heterocycles. The van der Waals surface area contributed by atoms with E-state index in [4.69, 9.17) is 25.2 Å². The number of carbonyl (C=O) groups is 1. The highest BCUT2D eigenvalue weighted by molar-refractivity contribution is 7.85. The van der Waals surface area contributed by atoms with E-state index in [0.717, 1.165) is 5.56 Å². The average Bonchev–Trinajstić information content (AvgIpc) is 2.73. The van der Waals surface area contributed by atoms with Gasteiger partial charge in [0.15, 0.2) is 11.5 Å². The van der Waals surface area contributed by atoms with Crippen LogP contribution in [0, 0.1) is 19.3 Å². The Morgan fingerprint density at radius 2 is 1.74 bits per heavy atom. The van der Waals surface area contributed by atoms with Crippen molar-refractivity contribution in [3.8, 4) is 23.8 Å². The first-order valence-corrected chi connectivity index (χ1v) is 10.4. The van der Waals surface area contributed by atoms with Crippen LogP contribution in [0.2, 0.25) is 0 Å². The summed E-state index contributed by atoms with van der Waals surface area (Å²) in [5.74, 6) is 3.19. The average molecular weight is 448 g/mol. The Morgan fingerprint density at radius 1 is 1.13 bits per heavy atom. The zero-order valence-corrected chi connectivity index (χ0v) is 18.4. The van der Waals surface area contributed by atoms with Crippen LogP contribution in [0.3, 0.4) is 0 Å². The van der Waals surface area contributed by atoms with Gasteiger partial charge in [0, 0.05) is 0 Å². The molecule has 2 aromatic rings. The Labute approximate surface area is 182 Å². The van der Waals surface area contributed by atoms with Gasteiger partial charge in [-0.25, -0.2) is 4.79 Å². The lowest BCUT2D eigenvalue weighted by Gasteiger charge is -2.10. The molecule has 0 saturated carbocycles. The van der Waals surface area contributed by atoms with E-state index in [2.05, 4.69) is 17.8 Å². The Kier molecular flexibility index (Phi) is 10.3. The molecule has 9 heteroatoms. The number of hydrogen-bond acceptors (Lipinski definition) is 7. The van der Waals surface area contributed by atoms with E-state index in [9.17, 15) is 13.2 Å². The van der Waals surface area contributed by atoms with Crippen LogP contribution in [-0.4, -0.2) is 46.2 Å². The highest BCUT2D eigenvalue weighted by Gasteiger charge is 2.13. The second-order valence-electron chi connectivity index (χ2n) is 6.09. The van der Waals surface area contributed by atoms with Crippen molar-refractivity contribution < 1.29 is 32.0 Å². The summed E-state index contributed by atoms with van der Waals surface area (Å²) in [6.45, 7) is 6.17. The molecule has 0 saturated heterocycles. The fourth-order valence-electron chi connectivity index (χ4n) is 2.17. The van der Waals surface area contributed by atoms with Crippen molar-refractivity contribution in [1.82, 2.24) is 5.32 Å². The lowest BCUT2D eigenvalue weighted by Crippen LogP contribution is -2.19. The number of carbonyl (C=O) groups excluding carboxylic acids is 1. The number of benzene rings is 2. The van der Waals surface area contributed by atoms with Crippen LogP contribution in [0.15, 0.2) is 59.7 Å². The van der Waals surface area contributed by atoms with Crippen LogP contribution >= 0.6 is 0 Å². The van der Waals surface area contributed by atoms with E-state index < -0.39 is 16.1 Å². The van der Waals surface area contributed by atoms with Crippen LogP contribution < -0.4 is 14.8 Å². The highest BCUT2D eigenvalue weighted by Crippen LogP contribution is 2.27. The van der Waals surface area contributed by atoms with Gasteiger partial charge >= 0.3 is 5.97 Å². The molecule has 0 radical (unpaired) electrons. The van der Waals surface area contributed by atoms with Gasteiger partial charge < -0.3 is 14.2 Å². The van der Waals surface area contributed by atoms with Crippen LogP contribution in [0.1, 0.15) is 15.9 Å². The van der Waals surface area contributed by atoms with Crippen molar-refractivity contribution in [2.24, 2.45) is 0 Å². The molecule has 2 aromatic carbocycles. The first-order chi connectivity index (χ1) is 14.6. The Balaban J connectivity index is 0.000000367. The summed E-state index contributed by atoms with van der Waals surface area (Å²) in [5, 5.41) is 2.87.